The first kappa shape index (κ1) is 16.4. The normalized spacial score (nSPS) is 18.0. The average Bonchev–Trinajstić information content (AvgIpc) is 2.48. The summed E-state index contributed by atoms with van der Waals surface area (Å²) < 4.78 is 24.7. The summed E-state index contributed by atoms with van der Waals surface area (Å²) in [5.74, 6) is 0. The number of nitrogens with zero attached hydrogens (tertiary/aromatic N) is 2. The zero-order chi connectivity index (χ0) is 15.3. The number of hydrogen-bond donors (Lipinski definition) is 2. The van der Waals surface area contributed by atoms with Crippen molar-refractivity contribution in [3.63, 3.8) is 0 Å². The van der Waals surface area contributed by atoms with Crippen molar-refractivity contribution < 1.29 is 8.42 Å². The number of hydrazine groups is 1. The largest absolute Gasteiger partial charge is 0.313 e. The van der Waals surface area contributed by atoms with Crippen LogP contribution < -0.4 is 10.1 Å². The summed E-state index contributed by atoms with van der Waals surface area (Å²) in [6.07, 6.45) is 0. The van der Waals surface area contributed by atoms with Gasteiger partial charge in [-0.15, -0.1) is 4.83 Å². The third kappa shape index (κ3) is 4.76. The minimum Gasteiger partial charge on any atom is -0.313 e. The molecule has 0 radical (unpaired) electrons. The fourth-order valence-electron chi connectivity index (χ4n) is 2.18. The van der Waals surface area contributed by atoms with Gasteiger partial charge in [0.2, 0.25) is 0 Å². The van der Waals surface area contributed by atoms with Crippen molar-refractivity contribution in [1.29, 1.82) is 0 Å². The fraction of sp³-hybridized carbons (Fsp3) is 0.571. The molecular weight excluding hydrogens is 288 g/mol. The van der Waals surface area contributed by atoms with Crippen LogP contribution in [0.25, 0.3) is 0 Å². The van der Waals surface area contributed by atoms with Gasteiger partial charge in [0.05, 0.1) is 4.90 Å². The molecule has 21 heavy (non-hydrogen) atoms. The van der Waals surface area contributed by atoms with E-state index >= 15 is 0 Å². The third-order valence-corrected chi connectivity index (χ3v) is 4.96. The van der Waals surface area contributed by atoms with Crippen LogP contribution in [0.4, 0.5) is 0 Å². The molecule has 1 aromatic rings. The number of hydrogen-bond acceptors (Lipinski definition) is 5. The van der Waals surface area contributed by atoms with Crippen LogP contribution in [0.15, 0.2) is 29.2 Å². The second kappa shape index (κ2) is 7.33. The van der Waals surface area contributed by atoms with E-state index in [1.165, 1.54) is 0 Å². The molecule has 0 aliphatic carbocycles. The predicted molar refractivity (Wildman–Crippen MR) is 83.2 cm³/mol. The highest BCUT2D eigenvalue weighted by atomic mass is 32.2. The molecule has 0 bridgehead atoms. The van der Waals surface area contributed by atoms with Crippen molar-refractivity contribution >= 4 is 10.0 Å². The smallest absolute Gasteiger partial charge is 0.253 e. The second-order valence-corrected chi connectivity index (χ2v) is 6.97. The third-order valence-electron chi connectivity index (χ3n) is 3.57. The molecule has 1 heterocycles. The number of sulfonamides is 1. The van der Waals surface area contributed by atoms with Crippen molar-refractivity contribution in [3.8, 4) is 0 Å². The summed E-state index contributed by atoms with van der Waals surface area (Å²) in [6, 6.07) is 7.01. The lowest BCUT2D eigenvalue weighted by atomic mass is 10.2. The summed E-state index contributed by atoms with van der Waals surface area (Å²) in [4.78, 5) is 5.15. The van der Waals surface area contributed by atoms with Gasteiger partial charge in [-0.3, -0.25) is 0 Å². The number of piperazine rings is 1. The molecule has 0 amide bonds. The lowest BCUT2D eigenvalue weighted by Crippen LogP contribution is -2.52. The topological polar surface area (TPSA) is 64.7 Å². The Morgan fingerprint density at radius 2 is 1.71 bits per heavy atom. The van der Waals surface area contributed by atoms with Crippen LogP contribution in [0.5, 0.6) is 0 Å². The molecule has 1 aliphatic rings. The Hall–Kier alpha value is -0.990. The van der Waals surface area contributed by atoms with Crippen LogP contribution in [0.1, 0.15) is 12.5 Å². The van der Waals surface area contributed by atoms with E-state index in [9.17, 15) is 8.42 Å². The van der Waals surface area contributed by atoms with Crippen LogP contribution >= 0.6 is 0 Å². The lowest BCUT2D eigenvalue weighted by molar-refractivity contribution is 0.135. The maximum Gasteiger partial charge on any atom is 0.253 e. The second-order valence-electron chi connectivity index (χ2n) is 5.31. The van der Waals surface area contributed by atoms with E-state index in [0.29, 0.717) is 18.0 Å². The van der Waals surface area contributed by atoms with Gasteiger partial charge in [-0.1, -0.05) is 19.1 Å². The molecule has 0 unspecified atom stereocenters. The van der Waals surface area contributed by atoms with E-state index in [1.807, 2.05) is 26.1 Å². The average molecular weight is 312 g/mol. The van der Waals surface area contributed by atoms with Crippen LogP contribution in [-0.2, 0) is 16.6 Å². The maximum atomic E-state index is 12.3. The molecule has 1 fully saturated rings. The fourth-order valence-corrected chi connectivity index (χ4v) is 3.30. The first-order valence-electron chi connectivity index (χ1n) is 7.27. The molecule has 2 N–H and O–H groups in total. The Labute approximate surface area is 127 Å². The van der Waals surface area contributed by atoms with Crippen molar-refractivity contribution in [1.82, 2.24) is 20.1 Å². The molecule has 1 aromatic carbocycles. The van der Waals surface area contributed by atoms with Crippen molar-refractivity contribution in [2.45, 2.75) is 18.4 Å². The van der Waals surface area contributed by atoms with Crippen LogP contribution in [0, 0.1) is 0 Å². The zero-order valence-electron chi connectivity index (χ0n) is 12.7. The van der Waals surface area contributed by atoms with E-state index in [-0.39, 0.29) is 0 Å². The van der Waals surface area contributed by atoms with E-state index in [2.05, 4.69) is 15.0 Å². The Morgan fingerprint density at radius 3 is 2.29 bits per heavy atom. The Bertz CT molecular complexity index is 537. The van der Waals surface area contributed by atoms with Crippen molar-refractivity contribution in [3.05, 3.63) is 29.8 Å². The Morgan fingerprint density at radius 1 is 1.10 bits per heavy atom. The number of rotatable bonds is 6. The van der Waals surface area contributed by atoms with Gasteiger partial charge in [-0.05, 0) is 31.3 Å². The first-order valence-corrected chi connectivity index (χ1v) is 8.75. The van der Waals surface area contributed by atoms with Gasteiger partial charge in [0.25, 0.3) is 10.0 Å². The highest BCUT2D eigenvalue weighted by Gasteiger charge is 2.21. The highest BCUT2D eigenvalue weighted by Crippen LogP contribution is 2.11. The van der Waals surface area contributed by atoms with Crippen molar-refractivity contribution in [2.75, 3.05) is 39.8 Å². The Balaban J connectivity index is 1.98. The van der Waals surface area contributed by atoms with Crippen LogP contribution in [0.2, 0.25) is 0 Å². The summed E-state index contributed by atoms with van der Waals surface area (Å²) in [6.45, 7) is 6.82. The molecule has 118 valence electrons. The standard InChI is InChI=1S/C14H24N4O2S/c1-3-15-12-13-4-6-14(7-5-13)21(19,20)16-18-10-8-17(2)9-11-18/h4-7,15-16H,3,8-12H2,1-2H3. The van der Waals surface area contributed by atoms with Gasteiger partial charge >= 0.3 is 0 Å². The van der Waals surface area contributed by atoms with E-state index in [1.54, 1.807) is 17.1 Å². The molecule has 7 heteroatoms. The van der Waals surface area contributed by atoms with Crippen molar-refractivity contribution in [2.24, 2.45) is 0 Å². The first-order chi connectivity index (χ1) is 10.0. The van der Waals surface area contributed by atoms with Crippen LogP contribution in [0.3, 0.4) is 0 Å². The van der Waals surface area contributed by atoms with E-state index in [0.717, 1.165) is 31.7 Å². The summed E-state index contributed by atoms with van der Waals surface area (Å²) in [5.41, 5.74) is 1.08. The minimum absolute atomic E-state index is 0.307. The number of benzene rings is 1. The molecule has 0 aromatic heterocycles. The van der Waals surface area contributed by atoms with Gasteiger partial charge in [0, 0.05) is 32.7 Å². The molecule has 2 rings (SSSR count). The van der Waals surface area contributed by atoms with E-state index < -0.39 is 10.0 Å². The predicted octanol–water partition coefficient (Wildman–Crippen LogP) is 0.237. The van der Waals surface area contributed by atoms with Crippen LogP contribution in [-0.4, -0.2) is 58.1 Å². The van der Waals surface area contributed by atoms with Gasteiger partial charge in [0.1, 0.15) is 0 Å². The molecule has 1 saturated heterocycles. The lowest BCUT2D eigenvalue weighted by Gasteiger charge is -2.32. The maximum absolute atomic E-state index is 12.3. The minimum atomic E-state index is -3.48. The SMILES string of the molecule is CCNCc1ccc(S(=O)(=O)NN2CCN(C)CC2)cc1. The number of nitrogens with one attached hydrogen (secondary N) is 2. The summed E-state index contributed by atoms with van der Waals surface area (Å²) >= 11 is 0. The van der Waals surface area contributed by atoms with Gasteiger partial charge in [0.15, 0.2) is 0 Å². The summed E-state index contributed by atoms with van der Waals surface area (Å²) in [5, 5.41) is 4.98. The summed E-state index contributed by atoms with van der Waals surface area (Å²) in [7, 11) is -1.44. The number of likely N-dealkylation sites (N-methyl/N-ethyl adjacent to an activating group) is 1. The molecular formula is C14H24N4O2S. The Kier molecular flexibility index (Phi) is 5.72. The molecule has 0 spiro atoms. The molecule has 0 saturated carbocycles. The molecule has 0 atom stereocenters. The monoisotopic (exact) mass is 312 g/mol. The van der Waals surface area contributed by atoms with Gasteiger partial charge in [-0.2, -0.15) is 0 Å². The van der Waals surface area contributed by atoms with Gasteiger partial charge < -0.3 is 10.2 Å². The highest BCUT2D eigenvalue weighted by molar-refractivity contribution is 7.89. The zero-order valence-corrected chi connectivity index (χ0v) is 13.5. The quantitative estimate of drug-likeness (QED) is 0.788. The van der Waals surface area contributed by atoms with E-state index in [4.69, 9.17) is 0 Å². The molecule has 6 nitrogen and oxygen atoms in total. The molecule has 1 aliphatic heterocycles. The van der Waals surface area contributed by atoms with Gasteiger partial charge in [-0.25, -0.2) is 13.4 Å².